The topological polar surface area (TPSA) is 29.3 Å². The van der Waals surface area contributed by atoms with Crippen molar-refractivity contribution >= 4 is 81.3 Å². The van der Waals surface area contributed by atoms with E-state index in [-0.39, 0.29) is 0 Å². The largest absolute Gasteiger partial charge is 0.454 e. The van der Waals surface area contributed by atoms with Gasteiger partial charge >= 0.3 is 0 Å². The molecule has 7 aromatic carbocycles. The number of rotatable bonds is 5. The Labute approximate surface area is 286 Å². The zero-order valence-electron chi connectivity index (χ0n) is 26.4. The molecular formula is C45H28N2OS. The van der Waals surface area contributed by atoms with Crippen LogP contribution in [0.25, 0.3) is 75.1 Å². The number of para-hydroxylation sites is 1. The highest BCUT2D eigenvalue weighted by atomic mass is 32.1. The third-order valence-electron chi connectivity index (χ3n) is 9.59. The highest BCUT2D eigenvalue weighted by molar-refractivity contribution is 7.26. The van der Waals surface area contributed by atoms with Crippen LogP contribution in [-0.4, -0.2) is 4.98 Å². The number of hydrogen-bond acceptors (Lipinski definition) is 4. The Balaban J connectivity index is 1.12. The number of nitrogens with zero attached hydrogens (tertiary/aromatic N) is 2. The molecule has 0 fully saturated rings. The fraction of sp³-hybridized carbons (Fsp3) is 0. The summed E-state index contributed by atoms with van der Waals surface area (Å²) in [4.78, 5) is 6.66. The van der Waals surface area contributed by atoms with Crippen molar-refractivity contribution in [2.45, 2.75) is 0 Å². The molecule has 3 heterocycles. The van der Waals surface area contributed by atoms with Crippen LogP contribution in [0.1, 0.15) is 0 Å². The zero-order valence-corrected chi connectivity index (χ0v) is 27.2. The third kappa shape index (κ3) is 4.53. The molecular weight excluding hydrogens is 617 g/mol. The Morgan fingerprint density at radius 2 is 1.12 bits per heavy atom. The number of fused-ring (bicyclic) bond motifs is 7. The van der Waals surface area contributed by atoms with Gasteiger partial charge in [0.2, 0.25) is 0 Å². The van der Waals surface area contributed by atoms with Crippen molar-refractivity contribution < 1.29 is 4.42 Å². The molecule has 0 atom stereocenters. The number of aromatic nitrogens is 1. The Morgan fingerprint density at radius 3 is 1.96 bits per heavy atom. The van der Waals surface area contributed by atoms with Gasteiger partial charge in [0, 0.05) is 49.4 Å². The van der Waals surface area contributed by atoms with Gasteiger partial charge in [-0.15, -0.1) is 11.3 Å². The Bertz CT molecular complexity index is 2820. The van der Waals surface area contributed by atoms with E-state index in [0.29, 0.717) is 0 Å². The molecule has 0 N–H and O–H groups in total. The number of thiophene rings is 1. The van der Waals surface area contributed by atoms with Crippen molar-refractivity contribution in [2.75, 3.05) is 4.90 Å². The molecule has 0 radical (unpaired) electrons. The summed E-state index contributed by atoms with van der Waals surface area (Å²) >= 11 is 1.85. The van der Waals surface area contributed by atoms with Gasteiger partial charge in [-0.2, -0.15) is 0 Å². The van der Waals surface area contributed by atoms with Crippen LogP contribution >= 0.6 is 11.3 Å². The second-order valence-corrected chi connectivity index (χ2v) is 13.4. The molecule has 0 saturated carbocycles. The lowest BCUT2D eigenvalue weighted by Gasteiger charge is -2.26. The van der Waals surface area contributed by atoms with Gasteiger partial charge in [0.1, 0.15) is 5.58 Å². The third-order valence-corrected chi connectivity index (χ3v) is 10.8. The number of furan rings is 1. The zero-order chi connectivity index (χ0) is 32.3. The Hall–Kier alpha value is -6.23. The molecule has 3 nitrogen and oxygen atoms in total. The van der Waals surface area contributed by atoms with E-state index in [0.717, 1.165) is 50.1 Å². The minimum absolute atomic E-state index is 0.802. The SMILES string of the molecule is c1ccc2c(-c3ccc(N(c4ccc(-c5cccc6c5oc5cnccc56)cc4)c4cccc5c4sc4ccccc45)cc3)cccc2c1. The summed E-state index contributed by atoms with van der Waals surface area (Å²) in [7, 11) is 0. The molecule has 0 bridgehead atoms. The van der Waals surface area contributed by atoms with Crippen molar-refractivity contribution in [3.05, 3.63) is 170 Å². The summed E-state index contributed by atoms with van der Waals surface area (Å²) in [6.45, 7) is 0. The summed E-state index contributed by atoms with van der Waals surface area (Å²) in [5.41, 5.74) is 9.65. The molecule has 0 aliphatic rings. The molecule has 49 heavy (non-hydrogen) atoms. The molecule has 0 amide bonds. The Kier molecular flexibility index (Phi) is 6.36. The predicted molar refractivity (Wildman–Crippen MR) is 207 cm³/mol. The molecule has 230 valence electrons. The molecule has 0 spiro atoms. The van der Waals surface area contributed by atoms with E-state index in [1.165, 1.54) is 42.1 Å². The van der Waals surface area contributed by atoms with Crippen molar-refractivity contribution in [1.29, 1.82) is 0 Å². The maximum Gasteiger partial charge on any atom is 0.153 e. The lowest BCUT2D eigenvalue weighted by molar-refractivity contribution is 0.668. The van der Waals surface area contributed by atoms with Crippen LogP contribution in [0.3, 0.4) is 0 Å². The second kappa shape index (κ2) is 11.2. The number of hydrogen-bond donors (Lipinski definition) is 0. The van der Waals surface area contributed by atoms with E-state index >= 15 is 0 Å². The van der Waals surface area contributed by atoms with Crippen LogP contribution in [0.2, 0.25) is 0 Å². The smallest absolute Gasteiger partial charge is 0.153 e. The monoisotopic (exact) mass is 644 g/mol. The van der Waals surface area contributed by atoms with Gasteiger partial charge in [-0.25, -0.2) is 0 Å². The fourth-order valence-electron chi connectivity index (χ4n) is 7.27. The van der Waals surface area contributed by atoms with Crippen molar-refractivity contribution in [1.82, 2.24) is 4.98 Å². The van der Waals surface area contributed by atoms with E-state index < -0.39 is 0 Å². The molecule has 0 saturated heterocycles. The minimum atomic E-state index is 0.802. The quantitative estimate of drug-likeness (QED) is 0.187. The molecule has 10 rings (SSSR count). The van der Waals surface area contributed by atoms with E-state index in [1.54, 1.807) is 6.20 Å². The predicted octanol–water partition coefficient (Wildman–Crippen LogP) is 13.3. The summed E-state index contributed by atoms with van der Waals surface area (Å²) in [6.07, 6.45) is 3.61. The van der Waals surface area contributed by atoms with Gasteiger partial charge in [-0.05, 0) is 69.9 Å². The van der Waals surface area contributed by atoms with E-state index in [1.807, 2.05) is 23.6 Å². The van der Waals surface area contributed by atoms with Crippen LogP contribution < -0.4 is 4.90 Å². The first-order chi connectivity index (χ1) is 24.3. The number of benzene rings is 7. The maximum atomic E-state index is 6.33. The summed E-state index contributed by atoms with van der Waals surface area (Å²) in [5, 5.41) is 7.26. The van der Waals surface area contributed by atoms with Gasteiger partial charge in [0.05, 0.1) is 16.6 Å². The van der Waals surface area contributed by atoms with Crippen LogP contribution in [0, 0.1) is 0 Å². The van der Waals surface area contributed by atoms with Gasteiger partial charge in [0.15, 0.2) is 5.58 Å². The average molecular weight is 645 g/mol. The first-order valence-electron chi connectivity index (χ1n) is 16.4. The molecule has 4 heteroatoms. The molecule has 3 aromatic heterocycles. The molecule has 0 aliphatic carbocycles. The maximum absolute atomic E-state index is 6.33. The normalized spacial score (nSPS) is 11.7. The summed E-state index contributed by atoms with van der Waals surface area (Å²) < 4.78 is 8.90. The minimum Gasteiger partial charge on any atom is -0.454 e. The first-order valence-corrected chi connectivity index (χ1v) is 17.3. The van der Waals surface area contributed by atoms with Crippen LogP contribution in [0.5, 0.6) is 0 Å². The lowest BCUT2D eigenvalue weighted by atomic mass is 9.98. The fourth-order valence-corrected chi connectivity index (χ4v) is 8.48. The summed E-state index contributed by atoms with van der Waals surface area (Å²) in [6, 6.07) is 56.7. The van der Waals surface area contributed by atoms with Crippen LogP contribution in [0.4, 0.5) is 17.1 Å². The van der Waals surface area contributed by atoms with Crippen molar-refractivity contribution in [3.8, 4) is 22.3 Å². The number of anilines is 3. The highest BCUT2D eigenvalue weighted by Gasteiger charge is 2.19. The second-order valence-electron chi connectivity index (χ2n) is 12.4. The van der Waals surface area contributed by atoms with Crippen LogP contribution in [-0.2, 0) is 0 Å². The van der Waals surface area contributed by atoms with E-state index in [4.69, 9.17) is 4.42 Å². The van der Waals surface area contributed by atoms with Crippen LogP contribution in [0.15, 0.2) is 175 Å². The van der Waals surface area contributed by atoms with Gasteiger partial charge in [0.25, 0.3) is 0 Å². The molecule has 0 unspecified atom stereocenters. The standard InChI is InChI=1S/C45H28N2OS/c1-2-10-34-29(8-1)9-5-12-35(34)30-18-22-32(23-19-30)47(41-16-7-15-40-38-11-3-4-17-43(38)49-45(40)41)33-24-20-31(21-25-33)36-13-6-14-39-37-26-27-46-28-42(37)48-44(36)39/h1-28H. The summed E-state index contributed by atoms with van der Waals surface area (Å²) in [5.74, 6) is 0. The van der Waals surface area contributed by atoms with Gasteiger partial charge in [-0.3, -0.25) is 4.98 Å². The average Bonchev–Trinajstić information content (AvgIpc) is 3.75. The molecule has 10 aromatic rings. The van der Waals surface area contributed by atoms with Gasteiger partial charge < -0.3 is 9.32 Å². The highest BCUT2D eigenvalue weighted by Crippen LogP contribution is 2.45. The lowest BCUT2D eigenvalue weighted by Crippen LogP contribution is -2.10. The molecule has 0 aliphatic heterocycles. The Morgan fingerprint density at radius 1 is 0.490 bits per heavy atom. The number of pyridine rings is 1. The van der Waals surface area contributed by atoms with E-state index in [9.17, 15) is 0 Å². The van der Waals surface area contributed by atoms with E-state index in [2.05, 4.69) is 162 Å². The van der Waals surface area contributed by atoms with Crippen molar-refractivity contribution in [3.63, 3.8) is 0 Å². The van der Waals surface area contributed by atoms with Gasteiger partial charge in [-0.1, -0.05) is 115 Å². The first kappa shape index (κ1) is 27.8. The van der Waals surface area contributed by atoms with Crippen molar-refractivity contribution in [2.24, 2.45) is 0 Å².